The highest BCUT2D eigenvalue weighted by Crippen LogP contribution is 2.34. The van der Waals surface area contributed by atoms with Gasteiger partial charge >= 0.3 is 0 Å². The number of aryl methyl sites for hydroxylation is 1. The summed E-state index contributed by atoms with van der Waals surface area (Å²) in [5, 5.41) is 10.7. The van der Waals surface area contributed by atoms with Gasteiger partial charge in [0.25, 0.3) is 0 Å². The van der Waals surface area contributed by atoms with Crippen molar-refractivity contribution in [3.63, 3.8) is 0 Å². The van der Waals surface area contributed by atoms with Crippen LogP contribution in [0.4, 0.5) is 0 Å². The molecule has 0 aliphatic heterocycles. The molecule has 2 nitrogen and oxygen atoms in total. The van der Waals surface area contributed by atoms with E-state index >= 15 is 0 Å². The molecule has 0 spiro atoms. The highest BCUT2D eigenvalue weighted by atomic mass is 32.1. The lowest BCUT2D eigenvalue weighted by Crippen LogP contribution is -2.21. The van der Waals surface area contributed by atoms with Gasteiger partial charge in [0.15, 0.2) is 0 Å². The monoisotopic (exact) mass is 262 g/mol. The second-order valence-electron chi connectivity index (χ2n) is 4.44. The largest absolute Gasteiger partial charge is 0.494 e. The fraction of sp³-hybridized carbons (Fsp3) is 0.333. The number of ether oxygens (including phenoxy) is 1. The number of aliphatic hydroxyl groups is 1. The normalized spacial score (nSPS) is 14.2. The van der Waals surface area contributed by atoms with Crippen LogP contribution in [0, 0.1) is 6.92 Å². The Morgan fingerprint density at radius 1 is 1.17 bits per heavy atom. The van der Waals surface area contributed by atoms with Gasteiger partial charge in [-0.2, -0.15) is 0 Å². The Morgan fingerprint density at radius 3 is 2.33 bits per heavy atom. The van der Waals surface area contributed by atoms with Crippen molar-refractivity contribution in [2.45, 2.75) is 26.4 Å². The highest BCUT2D eigenvalue weighted by molar-refractivity contribution is 7.12. The Labute approximate surface area is 112 Å². The van der Waals surface area contributed by atoms with Gasteiger partial charge in [-0.05, 0) is 50.6 Å². The lowest BCUT2D eigenvalue weighted by Gasteiger charge is -2.22. The Bertz CT molecular complexity index is 512. The Hall–Kier alpha value is -1.32. The average molecular weight is 262 g/mol. The van der Waals surface area contributed by atoms with Crippen LogP contribution in [0.5, 0.6) is 5.75 Å². The van der Waals surface area contributed by atoms with Gasteiger partial charge in [-0.25, -0.2) is 0 Å². The predicted octanol–water partition coefficient (Wildman–Crippen LogP) is 3.71. The van der Waals surface area contributed by atoms with Crippen molar-refractivity contribution in [3.8, 4) is 5.75 Å². The molecule has 2 rings (SSSR count). The minimum Gasteiger partial charge on any atom is -0.494 e. The molecule has 2 aromatic rings. The molecule has 0 radical (unpaired) electrons. The van der Waals surface area contributed by atoms with Crippen LogP contribution in [-0.4, -0.2) is 11.7 Å². The van der Waals surface area contributed by atoms with Crippen LogP contribution in [0.25, 0.3) is 0 Å². The second kappa shape index (κ2) is 5.12. The first-order valence-corrected chi connectivity index (χ1v) is 6.88. The minimum absolute atomic E-state index is 0.653. The summed E-state index contributed by atoms with van der Waals surface area (Å²) in [5.74, 6) is 0.833. The second-order valence-corrected chi connectivity index (χ2v) is 5.73. The standard InChI is InChI=1S/C15H18O2S/c1-4-17-13-8-6-12(7-9-13)15(3,16)14-10-5-11(2)18-14/h5-10,16H,4H2,1-3H3. The SMILES string of the molecule is CCOc1ccc(C(C)(O)c2ccc(C)s2)cc1. The molecule has 18 heavy (non-hydrogen) atoms. The lowest BCUT2D eigenvalue weighted by atomic mass is 9.94. The molecule has 0 saturated heterocycles. The maximum Gasteiger partial charge on any atom is 0.121 e. The summed E-state index contributed by atoms with van der Waals surface area (Å²) in [5.41, 5.74) is -0.0586. The summed E-state index contributed by atoms with van der Waals surface area (Å²) in [6.07, 6.45) is 0. The van der Waals surface area contributed by atoms with Crippen LogP contribution < -0.4 is 4.74 Å². The van der Waals surface area contributed by atoms with Crippen LogP contribution in [0.15, 0.2) is 36.4 Å². The molecular weight excluding hydrogens is 244 g/mol. The molecular formula is C15H18O2S. The van der Waals surface area contributed by atoms with E-state index in [0.29, 0.717) is 6.61 Å². The van der Waals surface area contributed by atoms with Crippen molar-refractivity contribution >= 4 is 11.3 Å². The summed E-state index contributed by atoms with van der Waals surface area (Å²) >= 11 is 1.62. The third-order valence-corrected chi connectivity index (χ3v) is 4.16. The third-order valence-electron chi connectivity index (χ3n) is 2.95. The molecule has 0 amide bonds. The highest BCUT2D eigenvalue weighted by Gasteiger charge is 2.27. The van der Waals surface area contributed by atoms with Gasteiger partial charge < -0.3 is 9.84 Å². The van der Waals surface area contributed by atoms with Gasteiger partial charge in [0.05, 0.1) is 6.61 Å². The molecule has 96 valence electrons. The molecule has 1 unspecified atom stereocenters. The molecule has 1 aromatic heterocycles. The van der Waals surface area contributed by atoms with Gasteiger partial charge in [-0.15, -0.1) is 11.3 Å². The summed E-state index contributed by atoms with van der Waals surface area (Å²) in [4.78, 5) is 2.17. The van der Waals surface area contributed by atoms with Crippen molar-refractivity contribution in [2.75, 3.05) is 6.61 Å². The van der Waals surface area contributed by atoms with Crippen molar-refractivity contribution in [1.29, 1.82) is 0 Å². The minimum atomic E-state index is -0.941. The van der Waals surface area contributed by atoms with Crippen LogP contribution >= 0.6 is 11.3 Å². The van der Waals surface area contributed by atoms with Crippen molar-refractivity contribution in [3.05, 3.63) is 51.7 Å². The first kappa shape index (κ1) is 13.1. The van der Waals surface area contributed by atoms with Crippen LogP contribution in [0.3, 0.4) is 0 Å². The maximum absolute atomic E-state index is 10.7. The zero-order chi connectivity index (χ0) is 13.2. The first-order valence-electron chi connectivity index (χ1n) is 6.06. The topological polar surface area (TPSA) is 29.5 Å². The fourth-order valence-corrected chi connectivity index (χ4v) is 2.82. The predicted molar refractivity (Wildman–Crippen MR) is 75.3 cm³/mol. The average Bonchev–Trinajstić information content (AvgIpc) is 2.78. The van der Waals surface area contributed by atoms with E-state index in [2.05, 4.69) is 0 Å². The van der Waals surface area contributed by atoms with E-state index in [9.17, 15) is 5.11 Å². The Morgan fingerprint density at radius 2 is 1.83 bits per heavy atom. The van der Waals surface area contributed by atoms with Crippen LogP contribution in [0.1, 0.15) is 29.2 Å². The summed E-state index contributed by atoms with van der Waals surface area (Å²) < 4.78 is 5.40. The molecule has 1 aromatic carbocycles. The smallest absolute Gasteiger partial charge is 0.121 e. The van der Waals surface area contributed by atoms with Gasteiger partial charge in [0.1, 0.15) is 11.4 Å². The van der Waals surface area contributed by atoms with Gasteiger partial charge in [0, 0.05) is 9.75 Å². The van der Waals surface area contributed by atoms with E-state index in [1.807, 2.05) is 57.2 Å². The number of hydrogen-bond acceptors (Lipinski definition) is 3. The van der Waals surface area contributed by atoms with E-state index in [4.69, 9.17) is 4.74 Å². The van der Waals surface area contributed by atoms with E-state index in [1.165, 1.54) is 4.88 Å². The fourth-order valence-electron chi connectivity index (χ4n) is 1.88. The molecule has 3 heteroatoms. The molecule has 0 aliphatic rings. The van der Waals surface area contributed by atoms with Crippen molar-refractivity contribution in [1.82, 2.24) is 0 Å². The van der Waals surface area contributed by atoms with E-state index in [0.717, 1.165) is 16.2 Å². The Kier molecular flexibility index (Phi) is 3.73. The first-order chi connectivity index (χ1) is 8.54. The molecule has 1 heterocycles. The quantitative estimate of drug-likeness (QED) is 0.910. The third kappa shape index (κ3) is 2.57. The molecule has 0 bridgehead atoms. The van der Waals surface area contributed by atoms with Crippen LogP contribution in [-0.2, 0) is 5.60 Å². The summed E-state index contributed by atoms with van der Waals surface area (Å²) in [6.45, 7) is 6.48. The zero-order valence-corrected chi connectivity index (χ0v) is 11.8. The maximum atomic E-state index is 10.7. The van der Waals surface area contributed by atoms with Crippen LogP contribution in [0.2, 0.25) is 0 Å². The zero-order valence-electron chi connectivity index (χ0n) is 10.9. The van der Waals surface area contributed by atoms with E-state index in [-0.39, 0.29) is 0 Å². The van der Waals surface area contributed by atoms with Crippen molar-refractivity contribution < 1.29 is 9.84 Å². The van der Waals surface area contributed by atoms with Gasteiger partial charge in [0.2, 0.25) is 0 Å². The molecule has 1 atom stereocenters. The Balaban J connectivity index is 2.29. The number of benzene rings is 1. The molecule has 0 fully saturated rings. The lowest BCUT2D eigenvalue weighted by molar-refractivity contribution is 0.106. The molecule has 1 N–H and O–H groups in total. The van der Waals surface area contributed by atoms with E-state index < -0.39 is 5.60 Å². The molecule has 0 saturated carbocycles. The summed E-state index contributed by atoms with van der Waals surface area (Å²) in [6, 6.07) is 11.6. The number of thiophene rings is 1. The number of rotatable bonds is 4. The van der Waals surface area contributed by atoms with E-state index in [1.54, 1.807) is 11.3 Å². The van der Waals surface area contributed by atoms with Gasteiger partial charge in [-0.1, -0.05) is 12.1 Å². The number of hydrogen-bond donors (Lipinski definition) is 1. The molecule has 0 aliphatic carbocycles. The van der Waals surface area contributed by atoms with Gasteiger partial charge in [-0.3, -0.25) is 0 Å². The van der Waals surface area contributed by atoms with Crippen molar-refractivity contribution in [2.24, 2.45) is 0 Å². The summed E-state index contributed by atoms with van der Waals surface area (Å²) in [7, 11) is 0.